The molecule has 0 radical (unpaired) electrons. The Balaban J connectivity index is 1.58. The number of thiocarbonyl (C=S) groups is 1. The first kappa shape index (κ1) is 15.3. The van der Waals surface area contributed by atoms with Crippen LogP contribution >= 0.6 is 35.2 Å². The third kappa shape index (κ3) is 2.94. The van der Waals surface area contributed by atoms with Gasteiger partial charge in [0.25, 0.3) is 0 Å². The van der Waals surface area contributed by atoms with Crippen LogP contribution in [0, 0.1) is 0 Å². The Bertz CT molecular complexity index is 1050. The summed E-state index contributed by atoms with van der Waals surface area (Å²) in [6.07, 6.45) is 0. The number of para-hydroxylation sites is 1. The number of aromatic nitrogens is 1. The van der Waals surface area contributed by atoms with Gasteiger partial charge in [0, 0.05) is 11.1 Å². The molecule has 1 aromatic heterocycles. The average molecular weight is 370 g/mol. The normalized spacial score (nSPS) is 10.9. The van der Waals surface area contributed by atoms with E-state index in [4.69, 9.17) is 23.8 Å². The van der Waals surface area contributed by atoms with Gasteiger partial charge in [0.15, 0.2) is 10.2 Å². The predicted octanol–water partition coefficient (Wildman–Crippen LogP) is 5.91. The number of nitrogens with zero attached hydrogens (tertiary/aromatic N) is 1. The molecule has 0 unspecified atom stereocenters. The molecule has 0 aliphatic carbocycles. The molecule has 4 aromatic rings. The molecule has 0 fully saturated rings. The maximum Gasteiger partial charge on any atom is 0.190 e. The van der Waals surface area contributed by atoms with E-state index in [0.717, 1.165) is 31.8 Å². The fourth-order valence-electron chi connectivity index (χ4n) is 2.55. The Morgan fingerprint density at radius 2 is 1.75 bits per heavy atom. The molecule has 0 bridgehead atoms. The molecule has 3 nitrogen and oxygen atoms in total. The molecule has 0 atom stereocenters. The van der Waals surface area contributed by atoms with Gasteiger partial charge in [-0.25, -0.2) is 4.98 Å². The highest BCUT2D eigenvalue weighted by Crippen LogP contribution is 2.31. The third-order valence-corrected chi connectivity index (χ3v) is 5.07. The molecule has 24 heavy (non-hydrogen) atoms. The minimum Gasteiger partial charge on any atom is -0.332 e. The van der Waals surface area contributed by atoms with Gasteiger partial charge >= 0.3 is 0 Å². The monoisotopic (exact) mass is 369 g/mol. The number of nitrogens with one attached hydrogen (secondary N) is 2. The van der Waals surface area contributed by atoms with Gasteiger partial charge in [-0.05, 0) is 35.8 Å². The summed E-state index contributed by atoms with van der Waals surface area (Å²) in [5, 5.41) is 10.5. The van der Waals surface area contributed by atoms with E-state index >= 15 is 0 Å². The van der Waals surface area contributed by atoms with Gasteiger partial charge < -0.3 is 10.6 Å². The highest BCUT2D eigenvalue weighted by atomic mass is 35.5. The molecule has 6 heteroatoms. The van der Waals surface area contributed by atoms with E-state index < -0.39 is 0 Å². The Morgan fingerprint density at radius 1 is 0.958 bits per heavy atom. The van der Waals surface area contributed by atoms with Crippen molar-refractivity contribution in [3.63, 3.8) is 0 Å². The van der Waals surface area contributed by atoms with Crippen molar-refractivity contribution in [1.82, 2.24) is 4.98 Å². The zero-order chi connectivity index (χ0) is 16.5. The molecule has 0 aliphatic rings. The van der Waals surface area contributed by atoms with Gasteiger partial charge in [0.2, 0.25) is 0 Å². The van der Waals surface area contributed by atoms with E-state index in [1.54, 1.807) is 0 Å². The number of hydrogen-bond donors (Lipinski definition) is 2. The highest BCUT2D eigenvalue weighted by molar-refractivity contribution is 7.80. The summed E-state index contributed by atoms with van der Waals surface area (Å²) in [5.74, 6) is 0. The van der Waals surface area contributed by atoms with Crippen molar-refractivity contribution in [3.8, 4) is 0 Å². The van der Waals surface area contributed by atoms with Crippen molar-refractivity contribution in [2.45, 2.75) is 0 Å². The first-order chi connectivity index (χ1) is 11.7. The van der Waals surface area contributed by atoms with Crippen molar-refractivity contribution in [3.05, 3.63) is 65.7 Å². The molecule has 0 amide bonds. The van der Waals surface area contributed by atoms with Crippen LogP contribution in [-0.2, 0) is 0 Å². The summed E-state index contributed by atoms with van der Waals surface area (Å²) in [5.41, 5.74) is 1.75. The fraction of sp³-hybridized carbons (Fsp3) is 0. The van der Waals surface area contributed by atoms with Crippen LogP contribution in [0.2, 0.25) is 5.02 Å². The van der Waals surface area contributed by atoms with Gasteiger partial charge in [-0.3, -0.25) is 0 Å². The lowest BCUT2D eigenvalue weighted by Crippen LogP contribution is -2.19. The predicted molar refractivity (Wildman–Crippen MR) is 108 cm³/mol. The second-order valence-corrected chi connectivity index (χ2v) is 7.06. The number of fused-ring (bicyclic) bond motifs is 2. The number of anilines is 2. The molecule has 0 saturated heterocycles. The smallest absolute Gasteiger partial charge is 0.190 e. The quantitative estimate of drug-likeness (QED) is 0.430. The zero-order valence-corrected chi connectivity index (χ0v) is 14.8. The lowest BCUT2D eigenvalue weighted by Gasteiger charge is -2.11. The van der Waals surface area contributed by atoms with Crippen LogP contribution in [0.3, 0.4) is 0 Å². The number of benzene rings is 3. The molecule has 2 N–H and O–H groups in total. The van der Waals surface area contributed by atoms with Crippen LogP contribution < -0.4 is 10.6 Å². The Morgan fingerprint density at radius 3 is 2.62 bits per heavy atom. The van der Waals surface area contributed by atoms with E-state index in [0.29, 0.717) is 10.1 Å². The molecule has 1 heterocycles. The van der Waals surface area contributed by atoms with Crippen molar-refractivity contribution in [2.75, 3.05) is 10.6 Å². The van der Waals surface area contributed by atoms with Gasteiger partial charge in [-0.1, -0.05) is 65.4 Å². The molecule has 3 aromatic carbocycles. The van der Waals surface area contributed by atoms with E-state index in [1.807, 2.05) is 42.5 Å². The van der Waals surface area contributed by atoms with E-state index in [1.165, 1.54) is 11.3 Å². The molecular weight excluding hydrogens is 358 g/mol. The van der Waals surface area contributed by atoms with Crippen LogP contribution in [0.1, 0.15) is 0 Å². The standard InChI is InChI=1S/C18H12ClN3S2/c19-13-8-4-10-15-16(13)21-18(24-15)22-17(23)20-14-9-3-6-11-5-1-2-7-12(11)14/h1-10H,(H2,20,21,22,23). The van der Waals surface area contributed by atoms with Crippen LogP contribution in [0.5, 0.6) is 0 Å². The number of thiazole rings is 1. The second kappa shape index (κ2) is 6.36. The lowest BCUT2D eigenvalue weighted by atomic mass is 10.1. The van der Waals surface area contributed by atoms with Crippen molar-refractivity contribution >= 4 is 72.1 Å². The molecular formula is C18H12ClN3S2. The summed E-state index contributed by atoms with van der Waals surface area (Å²) in [4.78, 5) is 4.50. The van der Waals surface area contributed by atoms with Gasteiger partial charge in [0.05, 0.1) is 9.72 Å². The SMILES string of the molecule is S=C(Nc1nc2c(Cl)cccc2s1)Nc1cccc2ccccc12. The van der Waals surface area contributed by atoms with Gasteiger partial charge in [0.1, 0.15) is 5.52 Å². The third-order valence-electron chi connectivity index (χ3n) is 3.63. The van der Waals surface area contributed by atoms with Crippen LogP contribution in [-0.4, -0.2) is 10.1 Å². The number of rotatable bonds is 2. The zero-order valence-electron chi connectivity index (χ0n) is 12.4. The average Bonchev–Trinajstić information content (AvgIpc) is 2.99. The summed E-state index contributed by atoms with van der Waals surface area (Å²) < 4.78 is 1.03. The maximum atomic E-state index is 6.17. The van der Waals surface area contributed by atoms with E-state index in [-0.39, 0.29) is 0 Å². The topological polar surface area (TPSA) is 37.0 Å². The Labute approximate surface area is 153 Å². The molecule has 118 valence electrons. The van der Waals surface area contributed by atoms with Crippen molar-refractivity contribution in [1.29, 1.82) is 0 Å². The minimum absolute atomic E-state index is 0.501. The van der Waals surface area contributed by atoms with Crippen LogP contribution in [0.15, 0.2) is 60.7 Å². The van der Waals surface area contributed by atoms with Crippen LogP contribution in [0.25, 0.3) is 21.0 Å². The Kier molecular flexibility index (Phi) is 4.06. The van der Waals surface area contributed by atoms with Crippen molar-refractivity contribution in [2.24, 2.45) is 0 Å². The van der Waals surface area contributed by atoms with Crippen LogP contribution in [0.4, 0.5) is 10.8 Å². The Hall–Kier alpha value is -2.21. The maximum absolute atomic E-state index is 6.17. The number of hydrogen-bond acceptors (Lipinski definition) is 3. The van der Waals surface area contributed by atoms with E-state index in [9.17, 15) is 0 Å². The minimum atomic E-state index is 0.501. The fourth-order valence-corrected chi connectivity index (χ4v) is 3.99. The summed E-state index contributed by atoms with van der Waals surface area (Å²) in [6.45, 7) is 0. The summed E-state index contributed by atoms with van der Waals surface area (Å²) in [6, 6.07) is 20.0. The summed E-state index contributed by atoms with van der Waals surface area (Å²) in [7, 11) is 0. The van der Waals surface area contributed by atoms with Crippen molar-refractivity contribution < 1.29 is 0 Å². The first-order valence-electron chi connectivity index (χ1n) is 7.31. The molecule has 0 spiro atoms. The summed E-state index contributed by atoms with van der Waals surface area (Å²) >= 11 is 13.1. The molecule has 4 rings (SSSR count). The first-order valence-corrected chi connectivity index (χ1v) is 8.92. The van der Waals surface area contributed by atoms with Gasteiger partial charge in [-0.2, -0.15) is 0 Å². The molecule has 0 aliphatic heterocycles. The van der Waals surface area contributed by atoms with E-state index in [2.05, 4.69) is 33.8 Å². The second-order valence-electron chi connectivity index (χ2n) is 5.21. The highest BCUT2D eigenvalue weighted by Gasteiger charge is 2.09. The lowest BCUT2D eigenvalue weighted by molar-refractivity contribution is 1.47. The number of halogens is 1. The van der Waals surface area contributed by atoms with Gasteiger partial charge in [-0.15, -0.1) is 0 Å². The largest absolute Gasteiger partial charge is 0.332 e. The molecule has 0 saturated carbocycles.